The van der Waals surface area contributed by atoms with Gasteiger partial charge in [-0.2, -0.15) is 0 Å². The topological polar surface area (TPSA) is 383 Å². The van der Waals surface area contributed by atoms with Crippen LogP contribution in [0.1, 0.15) is 94.4 Å². The van der Waals surface area contributed by atoms with Crippen LogP contribution in [0.5, 0.6) is 0 Å². The Balaban J connectivity index is -0.000000134. The molecule has 0 radical (unpaired) electrons. The first-order valence-corrected chi connectivity index (χ1v) is 20.3. The maximum Gasteiger partial charge on any atom is 1.00 e. The number of carbonyl (C=O) groups excluding carboxylic acids is 5. The van der Waals surface area contributed by atoms with Gasteiger partial charge in [-0.3, -0.25) is 19.2 Å². The summed E-state index contributed by atoms with van der Waals surface area (Å²) in [6.45, 7) is 14.2. The third kappa shape index (κ3) is 53.3. The Kier molecular flexibility index (Phi) is 65.4. The number of carbonyl (C=O) groups is 7. The van der Waals surface area contributed by atoms with E-state index in [4.69, 9.17) is 69.8 Å². The molecule has 0 heterocycles. The smallest absolute Gasteiger partial charge is 0.550 e. The maximum atomic E-state index is 11.4. The number of aliphatic hydroxyl groups excluding tert-OH is 3. The van der Waals surface area contributed by atoms with Crippen molar-refractivity contribution in [2.45, 2.75) is 106 Å². The molecule has 0 aromatic rings. The van der Waals surface area contributed by atoms with Crippen molar-refractivity contribution in [3.63, 3.8) is 0 Å². The van der Waals surface area contributed by atoms with Crippen molar-refractivity contribution >= 4 is 42.5 Å². The van der Waals surface area contributed by atoms with Gasteiger partial charge in [0.2, 0.25) is 11.8 Å². The van der Waals surface area contributed by atoms with Crippen LogP contribution < -0.4 is 80.8 Å². The number of rotatable bonds is 38. The van der Waals surface area contributed by atoms with Crippen molar-refractivity contribution in [1.82, 2.24) is 0 Å². The van der Waals surface area contributed by atoms with E-state index in [1.165, 1.54) is 0 Å². The number of ether oxygens (including phenoxy) is 7. The second-order valence-electron chi connectivity index (χ2n) is 14.7. The predicted molar refractivity (Wildman–Crippen MR) is 232 cm³/mol. The molecule has 0 aromatic carbocycles. The Labute approximate surface area is 441 Å². The molecule has 0 saturated carbocycles. The molecule has 0 aliphatic carbocycles. The Morgan fingerprint density at radius 3 is 1.16 bits per heavy atom. The number of carboxylic acids is 4. The summed E-state index contributed by atoms with van der Waals surface area (Å²) in [5, 5.41) is 65.9. The number of nitrogens with two attached hydrogens (primary N) is 2. The van der Waals surface area contributed by atoms with E-state index in [2.05, 4.69) is 0 Å². The Hall–Kier alpha value is -1.91. The number of hydrogen-bond donors (Lipinski definition) is 7. The molecule has 0 aromatic heterocycles. The molecule has 25 heteroatoms. The van der Waals surface area contributed by atoms with E-state index >= 15 is 0 Å². The molecule has 0 fully saturated rings. The summed E-state index contributed by atoms with van der Waals surface area (Å²) < 4.78 is 37.1. The average Bonchev–Trinajstić information content (AvgIpc) is 3.19. The monoisotopic (exact) mass is 997 g/mol. The summed E-state index contributed by atoms with van der Waals surface area (Å²) >= 11 is 0. The van der Waals surface area contributed by atoms with Gasteiger partial charge in [0, 0.05) is 36.6 Å². The van der Waals surface area contributed by atoms with Gasteiger partial charge in [-0.15, -0.1) is 0 Å². The summed E-state index contributed by atoms with van der Waals surface area (Å²) in [7, 11) is 0. The molecule has 0 saturated heterocycles. The fraction of sp³-hybridized carbons (Fsp3) is 0.833. The van der Waals surface area contributed by atoms with E-state index in [0.717, 1.165) is 0 Å². The van der Waals surface area contributed by atoms with Crippen LogP contribution in [0, 0.1) is 23.7 Å². The average molecular weight is 997 g/mol. The van der Waals surface area contributed by atoms with Crippen molar-refractivity contribution in [2.75, 3.05) is 99.1 Å². The van der Waals surface area contributed by atoms with Crippen LogP contribution in [0.15, 0.2) is 0 Å². The van der Waals surface area contributed by atoms with E-state index in [0.29, 0.717) is 46.2 Å². The third-order valence-electron chi connectivity index (χ3n) is 8.24. The van der Waals surface area contributed by atoms with Gasteiger partial charge in [0.1, 0.15) is 6.79 Å². The molecular formula is C42H82N2Na2O21. The molecule has 0 bridgehead atoms. The first-order valence-electron chi connectivity index (χ1n) is 20.3. The van der Waals surface area contributed by atoms with Gasteiger partial charge in [0.25, 0.3) is 0 Å². The van der Waals surface area contributed by atoms with Crippen molar-refractivity contribution in [3.8, 4) is 0 Å². The third-order valence-corrected chi connectivity index (χ3v) is 8.24. The van der Waals surface area contributed by atoms with Gasteiger partial charge < -0.3 is 94.8 Å². The summed E-state index contributed by atoms with van der Waals surface area (Å²) in [4.78, 5) is 73.5. The van der Waals surface area contributed by atoms with Crippen molar-refractivity contribution in [1.29, 1.82) is 0 Å². The van der Waals surface area contributed by atoms with Gasteiger partial charge in [0.05, 0.1) is 122 Å². The number of hydrogen-bond acceptors (Lipinski definition) is 19. The van der Waals surface area contributed by atoms with Gasteiger partial charge in [-0.25, -0.2) is 0 Å². The summed E-state index contributed by atoms with van der Waals surface area (Å²) in [5.74, 6) is -11.1. The van der Waals surface area contributed by atoms with Crippen LogP contribution in [0.25, 0.3) is 0 Å². The summed E-state index contributed by atoms with van der Waals surface area (Å²) in [5.41, 5.74) is 9.01. The summed E-state index contributed by atoms with van der Waals surface area (Å²) in [6.07, 6.45) is 0.703. The zero-order chi connectivity index (χ0) is 49.3. The minimum absolute atomic E-state index is 0. The van der Waals surface area contributed by atoms with E-state index in [1.54, 1.807) is 6.92 Å². The summed E-state index contributed by atoms with van der Waals surface area (Å²) in [6, 6.07) is 0. The first kappa shape index (κ1) is 82.0. The van der Waals surface area contributed by atoms with E-state index < -0.39 is 65.0 Å². The van der Waals surface area contributed by atoms with E-state index in [9.17, 15) is 44.1 Å². The first-order chi connectivity index (χ1) is 29.6. The maximum absolute atomic E-state index is 11.4. The number of amides is 2. The number of carboxylic acid groups (broad SMARTS) is 4. The molecule has 388 valence electrons. The van der Waals surface area contributed by atoms with Crippen molar-refractivity contribution < 1.29 is 162 Å². The zero-order valence-corrected chi connectivity index (χ0v) is 43.5. The molecule has 0 aliphatic rings. The molecule has 4 unspecified atom stereocenters. The van der Waals surface area contributed by atoms with Crippen molar-refractivity contribution in [2.24, 2.45) is 35.1 Å². The molecule has 4 atom stereocenters. The molecule has 0 aliphatic heterocycles. The SMILES string of the molecule is C.C.C=O.CC(C)(COCCO)OCCOCCO.CC(C)(COCCO)OCCOCCOCC(C(=O)O)C(CCCC(N)=O)C(=O)[O-].CCC(C(=O)O)C(CCCC(N)=O)C(=O)[O-].[Na+].[Na+]. The molecule has 67 heavy (non-hydrogen) atoms. The van der Waals surface area contributed by atoms with Gasteiger partial charge in [0.15, 0.2) is 0 Å². The second-order valence-corrected chi connectivity index (χ2v) is 14.7. The second kappa shape index (κ2) is 53.4. The van der Waals surface area contributed by atoms with Crippen LogP contribution in [-0.4, -0.2) is 178 Å². The minimum Gasteiger partial charge on any atom is -0.550 e. The predicted octanol–water partition coefficient (Wildman–Crippen LogP) is -7.44. The van der Waals surface area contributed by atoms with Crippen LogP contribution in [0.4, 0.5) is 0 Å². The zero-order valence-electron chi connectivity index (χ0n) is 39.5. The van der Waals surface area contributed by atoms with Crippen LogP contribution in [0.2, 0.25) is 0 Å². The Bertz CT molecular complexity index is 1220. The van der Waals surface area contributed by atoms with Gasteiger partial charge >= 0.3 is 71.1 Å². The van der Waals surface area contributed by atoms with Gasteiger partial charge in [-0.05, 0) is 59.8 Å². The fourth-order valence-corrected chi connectivity index (χ4v) is 5.15. The minimum atomic E-state index is -1.51. The van der Waals surface area contributed by atoms with Gasteiger partial charge in [-0.1, -0.05) is 21.8 Å². The van der Waals surface area contributed by atoms with Crippen LogP contribution in [0.3, 0.4) is 0 Å². The molecule has 0 rings (SSSR count). The number of aliphatic carboxylic acids is 4. The number of primary amides is 2. The normalized spacial score (nSPS) is 12.2. The molecule has 9 N–H and O–H groups in total. The Morgan fingerprint density at radius 2 is 0.851 bits per heavy atom. The molecule has 0 spiro atoms. The van der Waals surface area contributed by atoms with Crippen LogP contribution in [-0.2, 0) is 66.7 Å². The van der Waals surface area contributed by atoms with E-state index in [-0.39, 0.29) is 177 Å². The molecule has 23 nitrogen and oxygen atoms in total. The largest absolute Gasteiger partial charge is 1.00 e. The molecule has 2 amide bonds. The Morgan fingerprint density at radius 1 is 0.537 bits per heavy atom. The fourth-order valence-electron chi connectivity index (χ4n) is 5.15. The molecular weight excluding hydrogens is 914 g/mol. The van der Waals surface area contributed by atoms with Crippen LogP contribution >= 0.6 is 0 Å². The number of aliphatic hydroxyl groups is 3. The quantitative estimate of drug-likeness (QED) is 0.0223. The standard InChI is InChI=1S/C19H35NO10.C10H17NO5.C10H22O5.CH2O.2CH4.2Na/c1-19(2,13-29-7-6-21)30-11-10-27-8-9-28-12-15(18(25)26)14(17(23)24)4-3-5-16(20)22;1-2-6(9(13)14)7(10(15)16)4-3-5-8(11)12;1-10(2,9-14-6-4-12)15-8-7-13-5-3-11;1-2;;;;/h14-15,21H,3-13H2,1-2H3,(H2,20,22)(H,23,24)(H,25,26);6-7H,2-5H2,1H3,(H2,11,12)(H,13,14)(H,15,16);11-12H,3-9H2,1-2H3;1H2;2*1H4;;/q;;;;;;2*+1/p-2. The van der Waals surface area contributed by atoms with E-state index in [1.807, 2.05) is 34.5 Å². The van der Waals surface area contributed by atoms with Crippen molar-refractivity contribution in [3.05, 3.63) is 0 Å².